The van der Waals surface area contributed by atoms with Gasteiger partial charge in [-0.2, -0.15) is 0 Å². The number of benzene rings is 9. The van der Waals surface area contributed by atoms with Crippen LogP contribution in [0.25, 0.3) is 111 Å². The van der Waals surface area contributed by atoms with Gasteiger partial charge in [-0.05, 0) is 76.9 Å². The molecule has 0 unspecified atom stereocenters. The molecule has 0 bridgehead atoms. The summed E-state index contributed by atoms with van der Waals surface area (Å²) in [6.45, 7) is 0. The van der Waals surface area contributed by atoms with Crippen molar-refractivity contribution >= 4 is 43.6 Å². The fourth-order valence-corrected chi connectivity index (χ4v) is 9.02. The van der Waals surface area contributed by atoms with E-state index in [0.29, 0.717) is 17.5 Å². The molecule has 0 atom stereocenters. The SMILES string of the molecule is c1ccc(-c2ccc(-c3nc(-c4cccc(-c5ccccc5)c4)nc(-c4cccc(-n5c6ccccc6c6cc7c8ccccc8n(-c8ccccc8)c7cc65)c4)n3)cc2)cc1. The summed E-state index contributed by atoms with van der Waals surface area (Å²) in [5.41, 5.74) is 14.1. The van der Waals surface area contributed by atoms with Crippen LogP contribution in [0.5, 0.6) is 0 Å². The van der Waals surface area contributed by atoms with E-state index in [1.807, 2.05) is 12.1 Å². The van der Waals surface area contributed by atoms with E-state index in [-0.39, 0.29) is 0 Å². The van der Waals surface area contributed by atoms with Gasteiger partial charge in [-0.15, -0.1) is 0 Å². The average Bonchev–Trinajstić information content (AvgIpc) is 3.86. The summed E-state index contributed by atoms with van der Waals surface area (Å²) in [5.74, 6) is 1.85. The van der Waals surface area contributed by atoms with Crippen LogP contribution in [0.2, 0.25) is 0 Å². The van der Waals surface area contributed by atoms with Gasteiger partial charge in [0.25, 0.3) is 0 Å². The number of fused-ring (bicyclic) bond motifs is 6. The number of hydrogen-bond donors (Lipinski definition) is 0. The Kier molecular flexibility index (Phi) is 8.42. The molecular weight excluding hydrogens is 755 g/mol. The van der Waals surface area contributed by atoms with Gasteiger partial charge >= 0.3 is 0 Å². The minimum atomic E-state index is 0.608. The molecule has 0 spiro atoms. The van der Waals surface area contributed by atoms with E-state index < -0.39 is 0 Å². The van der Waals surface area contributed by atoms with Gasteiger partial charge in [-0.3, -0.25) is 0 Å². The highest BCUT2D eigenvalue weighted by atomic mass is 15.0. The molecule has 0 saturated heterocycles. The second-order valence-electron chi connectivity index (χ2n) is 15.7. The molecule has 62 heavy (non-hydrogen) atoms. The Hall–Kier alpha value is -8.41. The molecule has 0 fully saturated rings. The molecule has 9 aromatic carbocycles. The number of hydrogen-bond acceptors (Lipinski definition) is 3. The van der Waals surface area contributed by atoms with Crippen molar-refractivity contribution in [1.29, 1.82) is 0 Å². The van der Waals surface area contributed by atoms with E-state index in [1.165, 1.54) is 27.1 Å². The lowest BCUT2D eigenvalue weighted by Gasteiger charge is -2.13. The number of nitrogens with zero attached hydrogens (tertiary/aromatic N) is 5. The van der Waals surface area contributed by atoms with Crippen LogP contribution >= 0.6 is 0 Å². The molecule has 12 rings (SSSR count). The second-order valence-corrected chi connectivity index (χ2v) is 15.7. The average molecular weight is 792 g/mol. The lowest BCUT2D eigenvalue weighted by molar-refractivity contribution is 1.07. The maximum absolute atomic E-state index is 5.22. The van der Waals surface area contributed by atoms with Gasteiger partial charge < -0.3 is 9.13 Å². The highest BCUT2D eigenvalue weighted by molar-refractivity contribution is 6.19. The molecule has 290 valence electrons. The monoisotopic (exact) mass is 791 g/mol. The zero-order chi connectivity index (χ0) is 41.0. The van der Waals surface area contributed by atoms with E-state index in [9.17, 15) is 0 Å². The standard InChI is InChI=1S/C57H37N5/c1-4-16-38(17-5-1)40-30-32-41(33-31-40)55-58-56(43-21-14-20-42(34-43)39-18-6-2-7-19-39)60-57(59-55)44-22-15-25-46(35-44)62-52-29-13-11-27-48(52)50-36-49-47-26-10-12-28-51(47)61(53(49)37-54(50)62)45-23-8-3-9-24-45/h1-37H. The second kappa shape index (κ2) is 14.7. The minimum Gasteiger partial charge on any atom is -0.309 e. The summed E-state index contributed by atoms with van der Waals surface area (Å²) in [5, 5.41) is 4.87. The van der Waals surface area contributed by atoms with Crippen molar-refractivity contribution < 1.29 is 0 Å². The van der Waals surface area contributed by atoms with Crippen molar-refractivity contribution in [1.82, 2.24) is 24.1 Å². The lowest BCUT2D eigenvalue weighted by Crippen LogP contribution is -2.01. The Labute approximate surface area is 358 Å². The Morgan fingerprint density at radius 1 is 0.226 bits per heavy atom. The maximum atomic E-state index is 5.22. The van der Waals surface area contributed by atoms with E-state index in [1.54, 1.807) is 0 Å². The molecule has 0 saturated carbocycles. The van der Waals surface area contributed by atoms with Gasteiger partial charge in [-0.25, -0.2) is 15.0 Å². The van der Waals surface area contributed by atoms with Gasteiger partial charge in [0.2, 0.25) is 0 Å². The fourth-order valence-electron chi connectivity index (χ4n) is 9.02. The molecule has 3 aromatic heterocycles. The molecule has 5 heteroatoms. The van der Waals surface area contributed by atoms with Crippen LogP contribution in [0, 0.1) is 0 Å². The Bertz CT molecular complexity index is 3610. The summed E-state index contributed by atoms with van der Waals surface area (Å²) < 4.78 is 4.77. The van der Waals surface area contributed by atoms with Crippen LogP contribution in [-0.2, 0) is 0 Å². The predicted molar refractivity (Wildman–Crippen MR) is 256 cm³/mol. The highest BCUT2D eigenvalue weighted by Gasteiger charge is 2.20. The molecule has 0 aliphatic heterocycles. The molecule has 0 aliphatic carbocycles. The van der Waals surface area contributed by atoms with Crippen LogP contribution in [0.4, 0.5) is 0 Å². The third-order valence-electron chi connectivity index (χ3n) is 12.0. The van der Waals surface area contributed by atoms with Gasteiger partial charge in [0.15, 0.2) is 17.5 Å². The largest absolute Gasteiger partial charge is 0.309 e. The zero-order valence-corrected chi connectivity index (χ0v) is 33.6. The summed E-state index contributed by atoms with van der Waals surface area (Å²) in [4.78, 5) is 15.6. The molecule has 0 amide bonds. The third-order valence-corrected chi connectivity index (χ3v) is 12.0. The minimum absolute atomic E-state index is 0.608. The quantitative estimate of drug-likeness (QED) is 0.162. The molecule has 12 aromatic rings. The molecule has 0 N–H and O–H groups in total. The van der Waals surface area contributed by atoms with Gasteiger partial charge in [0.05, 0.1) is 22.1 Å². The first-order chi connectivity index (χ1) is 30.7. The first kappa shape index (κ1) is 35.5. The van der Waals surface area contributed by atoms with Crippen LogP contribution in [0.15, 0.2) is 224 Å². The number of aromatic nitrogens is 5. The first-order valence-electron chi connectivity index (χ1n) is 20.9. The Morgan fingerprint density at radius 2 is 0.629 bits per heavy atom. The van der Waals surface area contributed by atoms with E-state index in [0.717, 1.165) is 66.9 Å². The van der Waals surface area contributed by atoms with Gasteiger partial charge in [0.1, 0.15) is 0 Å². The molecule has 3 heterocycles. The van der Waals surface area contributed by atoms with Crippen molar-refractivity contribution in [3.8, 4) is 67.8 Å². The zero-order valence-electron chi connectivity index (χ0n) is 33.6. The van der Waals surface area contributed by atoms with E-state index in [2.05, 4.69) is 221 Å². The van der Waals surface area contributed by atoms with E-state index >= 15 is 0 Å². The fraction of sp³-hybridized carbons (Fsp3) is 0. The smallest absolute Gasteiger partial charge is 0.164 e. The Balaban J connectivity index is 1.04. The van der Waals surface area contributed by atoms with E-state index in [4.69, 9.17) is 15.0 Å². The van der Waals surface area contributed by atoms with Crippen molar-refractivity contribution in [2.75, 3.05) is 0 Å². The van der Waals surface area contributed by atoms with Gasteiger partial charge in [-0.1, -0.05) is 170 Å². The number of rotatable bonds is 7. The summed E-state index contributed by atoms with van der Waals surface area (Å²) in [6, 6.07) is 79.2. The Morgan fingerprint density at radius 3 is 1.24 bits per heavy atom. The maximum Gasteiger partial charge on any atom is 0.164 e. The summed E-state index contributed by atoms with van der Waals surface area (Å²) >= 11 is 0. The molecular formula is C57H37N5. The highest BCUT2D eigenvalue weighted by Crippen LogP contribution is 2.40. The molecule has 0 radical (unpaired) electrons. The normalized spacial score (nSPS) is 11.5. The first-order valence-corrected chi connectivity index (χ1v) is 20.9. The van der Waals surface area contributed by atoms with Crippen molar-refractivity contribution in [2.24, 2.45) is 0 Å². The lowest BCUT2D eigenvalue weighted by atomic mass is 10.0. The molecule has 5 nitrogen and oxygen atoms in total. The van der Waals surface area contributed by atoms with Crippen molar-refractivity contribution in [3.05, 3.63) is 224 Å². The third kappa shape index (κ3) is 6.06. The van der Waals surface area contributed by atoms with Crippen LogP contribution in [-0.4, -0.2) is 24.1 Å². The van der Waals surface area contributed by atoms with Gasteiger partial charge in [0, 0.05) is 49.6 Å². The predicted octanol–water partition coefficient (Wildman–Crippen LogP) is 14.4. The van der Waals surface area contributed by atoms with Crippen LogP contribution < -0.4 is 0 Å². The topological polar surface area (TPSA) is 48.5 Å². The van der Waals surface area contributed by atoms with Crippen molar-refractivity contribution in [3.63, 3.8) is 0 Å². The summed E-state index contributed by atoms with van der Waals surface area (Å²) in [6.07, 6.45) is 0. The van der Waals surface area contributed by atoms with Crippen LogP contribution in [0.3, 0.4) is 0 Å². The van der Waals surface area contributed by atoms with Crippen molar-refractivity contribution in [2.45, 2.75) is 0 Å². The van der Waals surface area contributed by atoms with Crippen LogP contribution in [0.1, 0.15) is 0 Å². The summed E-state index contributed by atoms with van der Waals surface area (Å²) in [7, 11) is 0. The molecule has 0 aliphatic rings. The number of para-hydroxylation sites is 3.